The Labute approximate surface area is 129 Å². The van der Waals surface area contributed by atoms with Crippen LogP contribution >= 0.6 is 0 Å². The van der Waals surface area contributed by atoms with Crippen LogP contribution in [0, 0.1) is 13.8 Å². The van der Waals surface area contributed by atoms with E-state index in [1.807, 2.05) is 0 Å². The fourth-order valence-corrected chi connectivity index (χ4v) is 1.21. The van der Waals surface area contributed by atoms with E-state index in [0.717, 1.165) is 12.8 Å². The third-order valence-corrected chi connectivity index (χ3v) is 2.21. The van der Waals surface area contributed by atoms with E-state index in [2.05, 4.69) is 27.7 Å². The normalized spacial score (nSPS) is 8.25. The van der Waals surface area contributed by atoms with Crippen molar-refractivity contribution >= 4 is 0 Å². The summed E-state index contributed by atoms with van der Waals surface area (Å²) in [7, 11) is 0. The molecule has 16 heavy (non-hydrogen) atoms. The van der Waals surface area contributed by atoms with E-state index in [9.17, 15) is 0 Å². The van der Waals surface area contributed by atoms with Crippen LogP contribution in [0.15, 0.2) is 0 Å². The molecule has 2 heteroatoms. The van der Waals surface area contributed by atoms with E-state index in [4.69, 9.17) is 0 Å². The minimum atomic E-state index is 0. The molecule has 0 rings (SSSR count). The molecular weight excluding hydrogens is 239 g/mol. The molecule has 0 heterocycles. The van der Waals surface area contributed by atoms with Gasteiger partial charge in [0.25, 0.3) is 0 Å². The first kappa shape index (κ1) is 25.8. The second-order valence-electron chi connectivity index (χ2n) is 3.83. The summed E-state index contributed by atoms with van der Waals surface area (Å²) < 4.78 is 0. The summed E-state index contributed by atoms with van der Waals surface area (Å²) in [6.45, 7) is 12.0. The molecular formula is C14H31CuLi. The molecule has 0 aromatic heterocycles. The molecule has 0 bridgehead atoms. The quantitative estimate of drug-likeness (QED) is 0.361. The monoisotopic (exact) mass is 269 g/mol. The summed E-state index contributed by atoms with van der Waals surface area (Å²) in [4.78, 5) is 0. The van der Waals surface area contributed by atoms with E-state index >= 15 is 0 Å². The molecule has 0 nitrogen and oxygen atoms in total. The van der Waals surface area contributed by atoms with Crippen molar-refractivity contribution in [2.75, 3.05) is 0 Å². The topological polar surface area (TPSA) is 0 Å². The van der Waals surface area contributed by atoms with Gasteiger partial charge in [-0.15, -0.1) is 0 Å². The number of unbranched alkanes of at least 4 members (excludes halogenated alkanes) is 8. The Morgan fingerprint density at radius 2 is 1.00 bits per heavy atom. The first-order chi connectivity index (χ1) is 6.83. The fourth-order valence-electron chi connectivity index (χ4n) is 1.21. The zero-order valence-electron chi connectivity index (χ0n) is 12.8. The SMILES string of the molecule is [CH2-]CCCCCC.[CH2-]CCCCCC.[Cu+2].[H-].[Li+]. The van der Waals surface area contributed by atoms with E-state index < -0.39 is 0 Å². The van der Waals surface area contributed by atoms with Crippen LogP contribution in [-0.2, 0) is 17.1 Å². The molecule has 0 aliphatic heterocycles. The molecule has 99 valence electrons. The molecule has 0 aliphatic carbocycles. The van der Waals surface area contributed by atoms with Gasteiger partial charge in [-0.2, -0.15) is 12.8 Å². The van der Waals surface area contributed by atoms with Crippen LogP contribution in [0.2, 0.25) is 0 Å². The van der Waals surface area contributed by atoms with Crippen LogP contribution in [0.5, 0.6) is 0 Å². The van der Waals surface area contributed by atoms with Crippen molar-refractivity contribution in [3.63, 3.8) is 0 Å². The van der Waals surface area contributed by atoms with Crippen LogP contribution in [0.4, 0.5) is 0 Å². The molecule has 0 saturated carbocycles. The number of hydrogen-bond acceptors (Lipinski definition) is 0. The standard InChI is InChI=1S/2C7H15.Cu.Li.H/c2*1-3-5-7-6-4-2;;;/h2*1,3-7H2,2H3;;;/q2*-1;+2;+1;-1. The van der Waals surface area contributed by atoms with Gasteiger partial charge in [-0.25, -0.2) is 0 Å². The van der Waals surface area contributed by atoms with Gasteiger partial charge >= 0.3 is 35.9 Å². The van der Waals surface area contributed by atoms with Crippen LogP contribution in [0.1, 0.15) is 79.5 Å². The van der Waals surface area contributed by atoms with Gasteiger partial charge < -0.3 is 15.3 Å². The van der Waals surface area contributed by atoms with Crippen molar-refractivity contribution < 1.29 is 37.4 Å². The molecule has 0 aliphatic rings. The predicted octanol–water partition coefficient (Wildman–Crippen LogP) is 2.70. The van der Waals surface area contributed by atoms with Crippen LogP contribution < -0.4 is 18.9 Å². The van der Waals surface area contributed by atoms with Gasteiger partial charge in [0.2, 0.25) is 0 Å². The number of hydrogen-bond donors (Lipinski definition) is 0. The Balaban J connectivity index is -0.0000000480. The van der Waals surface area contributed by atoms with Gasteiger partial charge in [-0.3, -0.25) is 0 Å². The van der Waals surface area contributed by atoms with Gasteiger partial charge in [0, 0.05) is 0 Å². The average Bonchev–Trinajstić information content (AvgIpc) is 2.21. The average molecular weight is 270 g/mol. The summed E-state index contributed by atoms with van der Waals surface area (Å²) >= 11 is 0. The van der Waals surface area contributed by atoms with Crippen molar-refractivity contribution in [2.24, 2.45) is 0 Å². The zero-order chi connectivity index (χ0) is 11.1. The summed E-state index contributed by atoms with van der Waals surface area (Å²) in [5.74, 6) is 0. The van der Waals surface area contributed by atoms with Crippen molar-refractivity contribution in [2.45, 2.75) is 78.1 Å². The van der Waals surface area contributed by atoms with E-state index in [1.54, 1.807) is 0 Å². The van der Waals surface area contributed by atoms with Crippen LogP contribution in [-0.4, -0.2) is 0 Å². The molecule has 0 aromatic rings. The molecule has 0 spiro atoms. The van der Waals surface area contributed by atoms with Crippen molar-refractivity contribution in [3.05, 3.63) is 13.8 Å². The summed E-state index contributed by atoms with van der Waals surface area (Å²) in [6.07, 6.45) is 13.0. The van der Waals surface area contributed by atoms with Gasteiger partial charge in [-0.05, 0) is 0 Å². The van der Waals surface area contributed by atoms with Crippen molar-refractivity contribution in [1.29, 1.82) is 0 Å². The van der Waals surface area contributed by atoms with Gasteiger partial charge in [0.05, 0.1) is 0 Å². The first-order valence-electron chi connectivity index (χ1n) is 6.41. The van der Waals surface area contributed by atoms with Crippen LogP contribution in [0.25, 0.3) is 0 Å². The third kappa shape index (κ3) is 36.2. The second kappa shape index (κ2) is 29.8. The molecule has 0 saturated heterocycles. The molecule has 0 amide bonds. The van der Waals surface area contributed by atoms with Crippen molar-refractivity contribution in [1.82, 2.24) is 0 Å². The predicted molar refractivity (Wildman–Crippen MR) is 69.3 cm³/mol. The Kier molecular flexibility index (Phi) is 48.1. The van der Waals surface area contributed by atoms with Gasteiger partial charge in [-0.1, -0.05) is 65.2 Å². The maximum Gasteiger partial charge on any atom is 2.00 e. The minimum absolute atomic E-state index is 0. The van der Waals surface area contributed by atoms with Gasteiger partial charge in [0.15, 0.2) is 0 Å². The molecule has 0 fully saturated rings. The molecule has 0 N–H and O–H groups in total. The Morgan fingerprint density at radius 1 is 0.688 bits per heavy atom. The summed E-state index contributed by atoms with van der Waals surface area (Å²) in [6, 6.07) is 0. The summed E-state index contributed by atoms with van der Waals surface area (Å²) in [5.41, 5.74) is 0. The molecule has 0 unspecified atom stereocenters. The summed E-state index contributed by atoms with van der Waals surface area (Å²) in [5, 5.41) is 0. The molecule has 0 atom stereocenters. The largest absolute Gasteiger partial charge is 2.00 e. The number of rotatable bonds is 8. The van der Waals surface area contributed by atoms with Crippen molar-refractivity contribution in [3.8, 4) is 0 Å². The Morgan fingerprint density at radius 3 is 1.19 bits per heavy atom. The van der Waals surface area contributed by atoms with E-state index in [1.165, 1.54) is 51.4 Å². The Bertz CT molecular complexity index is 64.6. The third-order valence-electron chi connectivity index (χ3n) is 2.21. The van der Waals surface area contributed by atoms with Crippen LogP contribution in [0.3, 0.4) is 0 Å². The maximum absolute atomic E-state index is 3.76. The minimum Gasteiger partial charge on any atom is -1.00 e. The maximum atomic E-state index is 3.76. The molecule has 0 aromatic carbocycles. The second-order valence-corrected chi connectivity index (χ2v) is 3.83. The zero-order valence-corrected chi connectivity index (χ0v) is 12.7. The van der Waals surface area contributed by atoms with E-state index in [-0.39, 0.29) is 37.4 Å². The Hall–Kier alpha value is 1.12. The fraction of sp³-hybridized carbons (Fsp3) is 0.857. The smallest absolute Gasteiger partial charge is 1.00 e. The van der Waals surface area contributed by atoms with Gasteiger partial charge in [0.1, 0.15) is 0 Å². The first-order valence-corrected chi connectivity index (χ1v) is 6.41. The van der Waals surface area contributed by atoms with E-state index in [0.29, 0.717) is 0 Å². The molecule has 1 radical (unpaired) electrons.